The van der Waals surface area contributed by atoms with Gasteiger partial charge in [-0.15, -0.1) is 0 Å². The summed E-state index contributed by atoms with van der Waals surface area (Å²) in [5, 5.41) is 6.63. The first kappa shape index (κ1) is 13.4. The molecule has 3 unspecified atom stereocenters. The molecule has 3 aliphatic rings. The summed E-state index contributed by atoms with van der Waals surface area (Å²) in [7, 11) is 0. The largest absolute Gasteiger partial charge is 0.378 e. The Labute approximate surface area is 115 Å². The van der Waals surface area contributed by atoms with Crippen LogP contribution in [-0.2, 0) is 9.53 Å². The molecule has 0 radical (unpaired) electrons. The predicted molar refractivity (Wildman–Crippen MR) is 73.8 cm³/mol. The number of amides is 1. The molecule has 0 bridgehead atoms. The van der Waals surface area contributed by atoms with Gasteiger partial charge in [-0.2, -0.15) is 0 Å². The zero-order chi connectivity index (χ0) is 13.3. The average molecular weight is 266 g/mol. The molecular formula is C15H26N2O2. The second-order valence-corrected chi connectivity index (χ2v) is 6.37. The number of ether oxygens (including phenoxy) is 1. The summed E-state index contributed by atoms with van der Waals surface area (Å²) in [6, 6.07) is 0.368. The topological polar surface area (TPSA) is 50.4 Å². The monoisotopic (exact) mass is 266 g/mol. The molecule has 1 spiro atoms. The first-order valence-corrected chi connectivity index (χ1v) is 7.89. The van der Waals surface area contributed by atoms with Crippen molar-refractivity contribution in [3.05, 3.63) is 0 Å². The van der Waals surface area contributed by atoms with Gasteiger partial charge in [0.25, 0.3) is 0 Å². The van der Waals surface area contributed by atoms with Crippen LogP contribution in [-0.4, -0.2) is 37.7 Å². The molecule has 0 aromatic rings. The normalized spacial score (nSPS) is 36.4. The number of rotatable bonds is 4. The maximum Gasteiger partial charge on any atom is 0.224 e. The summed E-state index contributed by atoms with van der Waals surface area (Å²) < 4.78 is 5.83. The molecule has 2 N–H and O–H groups in total. The predicted octanol–water partition coefficient (Wildman–Crippen LogP) is 1.45. The summed E-state index contributed by atoms with van der Waals surface area (Å²) in [4.78, 5) is 12.3. The van der Waals surface area contributed by atoms with Crippen LogP contribution in [0.1, 0.15) is 45.4 Å². The van der Waals surface area contributed by atoms with Crippen molar-refractivity contribution in [2.75, 3.05) is 19.7 Å². The van der Waals surface area contributed by atoms with Crippen molar-refractivity contribution in [3.8, 4) is 0 Å². The Morgan fingerprint density at radius 2 is 2.26 bits per heavy atom. The van der Waals surface area contributed by atoms with Gasteiger partial charge in [0.1, 0.15) is 0 Å². The van der Waals surface area contributed by atoms with E-state index in [1.54, 1.807) is 0 Å². The molecule has 1 saturated heterocycles. The van der Waals surface area contributed by atoms with E-state index in [0.717, 1.165) is 39.0 Å². The van der Waals surface area contributed by atoms with Crippen molar-refractivity contribution in [3.63, 3.8) is 0 Å². The molecular weight excluding hydrogens is 240 g/mol. The Morgan fingerprint density at radius 3 is 2.84 bits per heavy atom. The van der Waals surface area contributed by atoms with E-state index < -0.39 is 0 Å². The second kappa shape index (κ2) is 5.41. The van der Waals surface area contributed by atoms with Gasteiger partial charge in [-0.25, -0.2) is 0 Å². The molecule has 4 heteroatoms. The van der Waals surface area contributed by atoms with E-state index in [4.69, 9.17) is 4.74 Å². The highest BCUT2D eigenvalue weighted by molar-refractivity contribution is 5.79. The third-order valence-electron chi connectivity index (χ3n) is 5.42. The molecule has 3 rings (SSSR count). The Balaban J connectivity index is 1.54. The third kappa shape index (κ3) is 2.29. The maximum atomic E-state index is 12.3. The minimum absolute atomic E-state index is 0.178. The Bertz CT molecular complexity index is 335. The van der Waals surface area contributed by atoms with Gasteiger partial charge >= 0.3 is 0 Å². The van der Waals surface area contributed by atoms with E-state index in [1.165, 1.54) is 19.3 Å². The Kier molecular flexibility index (Phi) is 3.81. The fraction of sp³-hybridized carbons (Fsp3) is 0.933. The fourth-order valence-electron chi connectivity index (χ4n) is 4.01. The lowest BCUT2D eigenvalue weighted by Crippen LogP contribution is -2.68. The molecule has 0 aromatic carbocycles. The van der Waals surface area contributed by atoms with Gasteiger partial charge < -0.3 is 15.4 Å². The van der Waals surface area contributed by atoms with Crippen LogP contribution >= 0.6 is 0 Å². The zero-order valence-electron chi connectivity index (χ0n) is 11.9. The quantitative estimate of drug-likeness (QED) is 0.810. The van der Waals surface area contributed by atoms with Crippen molar-refractivity contribution >= 4 is 5.91 Å². The molecule has 3 atom stereocenters. The lowest BCUT2D eigenvalue weighted by Gasteiger charge is -2.61. The molecule has 1 aliphatic heterocycles. The number of carbonyl (C=O) groups is 1. The van der Waals surface area contributed by atoms with E-state index in [-0.39, 0.29) is 17.2 Å². The van der Waals surface area contributed by atoms with Crippen LogP contribution in [0.15, 0.2) is 0 Å². The lowest BCUT2D eigenvalue weighted by atomic mass is 9.51. The molecule has 0 aromatic heterocycles. The molecule has 4 nitrogen and oxygen atoms in total. The highest BCUT2D eigenvalue weighted by Gasteiger charge is 2.59. The van der Waals surface area contributed by atoms with Crippen molar-refractivity contribution in [1.82, 2.24) is 10.6 Å². The first-order valence-electron chi connectivity index (χ1n) is 7.89. The molecule has 2 aliphatic carbocycles. The van der Waals surface area contributed by atoms with E-state index in [0.29, 0.717) is 12.1 Å². The molecule has 1 heterocycles. The van der Waals surface area contributed by atoms with E-state index in [1.807, 2.05) is 0 Å². The number of piperidine rings is 1. The lowest BCUT2D eigenvalue weighted by molar-refractivity contribution is -0.176. The molecule has 108 valence electrons. The molecule has 19 heavy (non-hydrogen) atoms. The summed E-state index contributed by atoms with van der Waals surface area (Å²) in [6.45, 7) is 4.76. The van der Waals surface area contributed by atoms with Gasteiger partial charge in [0.2, 0.25) is 5.91 Å². The summed E-state index contributed by atoms with van der Waals surface area (Å²) >= 11 is 0. The summed E-state index contributed by atoms with van der Waals surface area (Å²) in [5.41, 5.74) is 0.285. The summed E-state index contributed by atoms with van der Waals surface area (Å²) in [6.07, 6.45) is 7.31. The van der Waals surface area contributed by atoms with Crippen LogP contribution in [0.5, 0.6) is 0 Å². The minimum atomic E-state index is 0.178. The Hall–Kier alpha value is -0.610. The average Bonchev–Trinajstić information content (AvgIpc) is 2.36. The highest BCUT2D eigenvalue weighted by Crippen LogP contribution is 2.57. The van der Waals surface area contributed by atoms with Gasteiger partial charge in [-0.05, 0) is 45.6 Å². The van der Waals surface area contributed by atoms with Crippen molar-refractivity contribution in [2.24, 2.45) is 11.3 Å². The van der Waals surface area contributed by atoms with E-state index in [9.17, 15) is 4.79 Å². The van der Waals surface area contributed by atoms with Crippen LogP contribution in [0.3, 0.4) is 0 Å². The Morgan fingerprint density at radius 1 is 1.42 bits per heavy atom. The second-order valence-electron chi connectivity index (χ2n) is 6.37. The van der Waals surface area contributed by atoms with Crippen molar-refractivity contribution in [2.45, 2.75) is 57.6 Å². The van der Waals surface area contributed by atoms with Crippen molar-refractivity contribution in [1.29, 1.82) is 0 Å². The van der Waals surface area contributed by atoms with Crippen LogP contribution in [0.2, 0.25) is 0 Å². The zero-order valence-corrected chi connectivity index (χ0v) is 11.9. The molecule has 3 fully saturated rings. The molecule has 2 saturated carbocycles. The standard InChI is InChI=1S/C15H26N2O2/c1-2-19-13-9-12(15(13)6-4-7-15)17-14(18)11-5-3-8-16-10-11/h11-13,16H,2-10H2,1H3,(H,17,18). The van der Waals surface area contributed by atoms with Gasteiger partial charge in [0.05, 0.1) is 12.0 Å². The smallest absolute Gasteiger partial charge is 0.224 e. The number of nitrogens with one attached hydrogen (secondary N) is 2. The maximum absolute atomic E-state index is 12.3. The number of hydrogen-bond acceptors (Lipinski definition) is 3. The van der Waals surface area contributed by atoms with Gasteiger partial charge in [0, 0.05) is 24.6 Å². The highest BCUT2D eigenvalue weighted by atomic mass is 16.5. The van der Waals surface area contributed by atoms with Gasteiger partial charge in [-0.1, -0.05) is 6.42 Å². The number of carbonyl (C=O) groups excluding carboxylic acids is 1. The van der Waals surface area contributed by atoms with E-state index >= 15 is 0 Å². The van der Waals surface area contributed by atoms with Crippen LogP contribution < -0.4 is 10.6 Å². The SMILES string of the molecule is CCOC1CC(NC(=O)C2CCCNC2)C12CCC2. The van der Waals surface area contributed by atoms with Crippen molar-refractivity contribution < 1.29 is 9.53 Å². The van der Waals surface area contributed by atoms with Crippen LogP contribution in [0, 0.1) is 11.3 Å². The van der Waals surface area contributed by atoms with Gasteiger partial charge in [-0.3, -0.25) is 4.79 Å². The third-order valence-corrected chi connectivity index (χ3v) is 5.42. The number of hydrogen-bond donors (Lipinski definition) is 2. The van der Waals surface area contributed by atoms with Crippen LogP contribution in [0.4, 0.5) is 0 Å². The van der Waals surface area contributed by atoms with E-state index in [2.05, 4.69) is 17.6 Å². The first-order chi connectivity index (χ1) is 9.26. The minimum Gasteiger partial charge on any atom is -0.378 e. The molecule has 1 amide bonds. The summed E-state index contributed by atoms with van der Waals surface area (Å²) in [5.74, 6) is 0.440. The fourth-order valence-corrected chi connectivity index (χ4v) is 4.01. The van der Waals surface area contributed by atoms with Crippen LogP contribution in [0.25, 0.3) is 0 Å². The van der Waals surface area contributed by atoms with Gasteiger partial charge in [0.15, 0.2) is 0 Å².